The lowest BCUT2D eigenvalue weighted by Crippen LogP contribution is -2.36. The SMILES string of the molecule is CC(N)Cc1c(N2CCC(C(C)C)CC2)nc2sccn12. The van der Waals surface area contributed by atoms with Crippen molar-refractivity contribution >= 4 is 22.1 Å². The first-order chi connectivity index (χ1) is 10.1. The number of aromatic nitrogens is 2. The van der Waals surface area contributed by atoms with E-state index < -0.39 is 0 Å². The average molecular weight is 306 g/mol. The third-order valence-electron chi connectivity index (χ3n) is 4.64. The Labute approximate surface area is 131 Å². The molecule has 0 aromatic carbocycles. The third kappa shape index (κ3) is 2.94. The van der Waals surface area contributed by atoms with E-state index in [-0.39, 0.29) is 6.04 Å². The van der Waals surface area contributed by atoms with Gasteiger partial charge in [0.25, 0.3) is 0 Å². The van der Waals surface area contributed by atoms with E-state index in [9.17, 15) is 0 Å². The van der Waals surface area contributed by atoms with E-state index in [2.05, 4.69) is 41.6 Å². The minimum absolute atomic E-state index is 0.164. The van der Waals surface area contributed by atoms with Gasteiger partial charge in [-0.25, -0.2) is 4.98 Å². The Morgan fingerprint density at radius 3 is 2.67 bits per heavy atom. The van der Waals surface area contributed by atoms with Gasteiger partial charge < -0.3 is 10.6 Å². The first-order valence-corrected chi connectivity index (χ1v) is 8.89. The molecule has 0 saturated carbocycles. The third-order valence-corrected chi connectivity index (χ3v) is 5.39. The summed E-state index contributed by atoms with van der Waals surface area (Å²) in [5.41, 5.74) is 7.33. The first-order valence-electron chi connectivity index (χ1n) is 8.01. The van der Waals surface area contributed by atoms with Crippen LogP contribution in [0.25, 0.3) is 4.96 Å². The van der Waals surface area contributed by atoms with E-state index >= 15 is 0 Å². The number of hydrogen-bond donors (Lipinski definition) is 1. The van der Waals surface area contributed by atoms with Crippen molar-refractivity contribution in [1.82, 2.24) is 9.38 Å². The molecule has 0 spiro atoms. The molecule has 5 heteroatoms. The Morgan fingerprint density at radius 1 is 1.33 bits per heavy atom. The van der Waals surface area contributed by atoms with Crippen molar-refractivity contribution in [2.75, 3.05) is 18.0 Å². The zero-order chi connectivity index (χ0) is 15.0. The maximum absolute atomic E-state index is 6.05. The van der Waals surface area contributed by atoms with Gasteiger partial charge in [-0.2, -0.15) is 0 Å². The highest BCUT2D eigenvalue weighted by Gasteiger charge is 2.26. The zero-order valence-electron chi connectivity index (χ0n) is 13.2. The monoisotopic (exact) mass is 306 g/mol. The summed E-state index contributed by atoms with van der Waals surface area (Å²) in [5, 5.41) is 2.10. The van der Waals surface area contributed by atoms with Crippen molar-refractivity contribution in [3.05, 3.63) is 17.3 Å². The van der Waals surface area contributed by atoms with Gasteiger partial charge in [0.1, 0.15) is 0 Å². The molecular weight excluding hydrogens is 280 g/mol. The maximum atomic E-state index is 6.05. The van der Waals surface area contributed by atoms with Crippen LogP contribution in [0.4, 0.5) is 5.82 Å². The Bertz CT molecular complexity index is 590. The average Bonchev–Trinajstić information content (AvgIpc) is 3.01. The fourth-order valence-electron chi connectivity index (χ4n) is 3.35. The van der Waals surface area contributed by atoms with Crippen LogP contribution in [0, 0.1) is 11.8 Å². The molecule has 0 radical (unpaired) electrons. The molecule has 116 valence electrons. The fourth-order valence-corrected chi connectivity index (χ4v) is 4.08. The molecule has 2 N–H and O–H groups in total. The summed E-state index contributed by atoms with van der Waals surface area (Å²) in [7, 11) is 0. The van der Waals surface area contributed by atoms with Crippen LogP contribution in [-0.2, 0) is 6.42 Å². The molecular formula is C16H26N4S. The van der Waals surface area contributed by atoms with E-state index in [1.54, 1.807) is 11.3 Å². The van der Waals surface area contributed by atoms with Crippen LogP contribution in [0.1, 0.15) is 39.3 Å². The molecule has 1 atom stereocenters. The highest BCUT2D eigenvalue weighted by Crippen LogP contribution is 2.31. The van der Waals surface area contributed by atoms with Crippen molar-refractivity contribution in [3.63, 3.8) is 0 Å². The number of fused-ring (bicyclic) bond motifs is 1. The van der Waals surface area contributed by atoms with Crippen molar-refractivity contribution in [1.29, 1.82) is 0 Å². The van der Waals surface area contributed by atoms with E-state index in [0.717, 1.165) is 36.3 Å². The standard InChI is InChI=1S/C16H26N4S/c1-11(2)13-4-6-19(7-5-13)15-14(10-12(3)17)20-8-9-21-16(20)18-15/h8-9,11-13H,4-7,10,17H2,1-3H3. The predicted octanol–water partition coefficient (Wildman–Crippen LogP) is 3.16. The van der Waals surface area contributed by atoms with Gasteiger partial charge in [0.2, 0.25) is 0 Å². The minimum atomic E-state index is 0.164. The molecule has 2 aromatic rings. The second-order valence-electron chi connectivity index (χ2n) is 6.69. The van der Waals surface area contributed by atoms with Crippen LogP contribution in [0.2, 0.25) is 0 Å². The number of nitrogens with two attached hydrogens (primary N) is 1. The summed E-state index contributed by atoms with van der Waals surface area (Å²) in [6.07, 6.45) is 5.56. The molecule has 0 aliphatic carbocycles. The molecule has 1 aliphatic heterocycles. The number of hydrogen-bond acceptors (Lipinski definition) is 4. The zero-order valence-corrected chi connectivity index (χ0v) is 14.1. The molecule has 0 amide bonds. The van der Waals surface area contributed by atoms with Crippen LogP contribution >= 0.6 is 11.3 Å². The molecule has 3 rings (SSSR count). The van der Waals surface area contributed by atoms with Gasteiger partial charge in [-0.1, -0.05) is 13.8 Å². The molecule has 1 aliphatic rings. The van der Waals surface area contributed by atoms with E-state index in [4.69, 9.17) is 10.7 Å². The number of piperidine rings is 1. The summed E-state index contributed by atoms with van der Waals surface area (Å²) in [5.74, 6) is 2.82. The predicted molar refractivity (Wildman–Crippen MR) is 90.2 cm³/mol. The van der Waals surface area contributed by atoms with Crippen molar-refractivity contribution in [2.24, 2.45) is 17.6 Å². The Kier molecular flexibility index (Phi) is 4.22. The smallest absolute Gasteiger partial charge is 0.195 e. The van der Waals surface area contributed by atoms with Crippen LogP contribution in [0.15, 0.2) is 11.6 Å². The molecule has 21 heavy (non-hydrogen) atoms. The number of imidazole rings is 1. The summed E-state index contributed by atoms with van der Waals surface area (Å²) in [6.45, 7) is 9.00. The maximum Gasteiger partial charge on any atom is 0.195 e. The first kappa shape index (κ1) is 14.9. The van der Waals surface area contributed by atoms with Crippen molar-refractivity contribution < 1.29 is 0 Å². The Morgan fingerprint density at radius 2 is 2.05 bits per heavy atom. The summed E-state index contributed by atoms with van der Waals surface area (Å²) in [6, 6.07) is 0.164. The largest absolute Gasteiger partial charge is 0.355 e. The highest BCUT2D eigenvalue weighted by molar-refractivity contribution is 7.15. The molecule has 1 saturated heterocycles. The molecule has 4 nitrogen and oxygen atoms in total. The van der Waals surface area contributed by atoms with Gasteiger partial charge in [-0.3, -0.25) is 4.40 Å². The normalized spacial score (nSPS) is 18.8. The number of anilines is 1. The molecule has 3 heterocycles. The van der Waals surface area contributed by atoms with Gasteiger partial charge in [0.05, 0.1) is 5.69 Å². The van der Waals surface area contributed by atoms with Gasteiger partial charge in [0.15, 0.2) is 10.8 Å². The van der Waals surface area contributed by atoms with Crippen molar-refractivity contribution in [2.45, 2.75) is 46.1 Å². The summed E-state index contributed by atoms with van der Waals surface area (Å²) >= 11 is 1.70. The Balaban J connectivity index is 1.85. The molecule has 2 aromatic heterocycles. The Hall–Kier alpha value is -1.07. The lowest BCUT2D eigenvalue weighted by Gasteiger charge is -2.34. The van der Waals surface area contributed by atoms with Crippen LogP contribution in [0.5, 0.6) is 0 Å². The highest BCUT2D eigenvalue weighted by atomic mass is 32.1. The summed E-state index contributed by atoms with van der Waals surface area (Å²) < 4.78 is 2.22. The lowest BCUT2D eigenvalue weighted by molar-refractivity contribution is 0.310. The number of thiazole rings is 1. The number of rotatable bonds is 4. The lowest BCUT2D eigenvalue weighted by atomic mass is 9.87. The van der Waals surface area contributed by atoms with Crippen LogP contribution < -0.4 is 10.6 Å². The van der Waals surface area contributed by atoms with Gasteiger partial charge in [0, 0.05) is 37.1 Å². The van der Waals surface area contributed by atoms with Crippen molar-refractivity contribution in [3.8, 4) is 0 Å². The van der Waals surface area contributed by atoms with E-state index in [1.165, 1.54) is 24.4 Å². The van der Waals surface area contributed by atoms with Gasteiger partial charge in [-0.15, -0.1) is 11.3 Å². The second-order valence-corrected chi connectivity index (χ2v) is 7.56. The van der Waals surface area contributed by atoms with Gasteiger partial charge in [-0.05, 0) is 31.6 Å². The van der Waals surface area contributed by atoms with E-state index in [1.807, 2.05) is 0 Å². The summed E-state index contributed by atoms with van der Waals surface area (Å²) in [4.78, 5) is 8.43. The quantitative estimate of drug-likeness (QED) is 0.944. The topological polar surface area (TPSA) is 46.6 Å². The molecule has 1 fully saturated rings. The molecule has 0 bridgehead atoms. The van der Waals surface area contributed by atoms with Crippen LogP contribution in [-0.4, -0.2) is 28.5 Å². The molecule has 1 unspecified atom stereocenters. The minimum Gasteiger partial charge on any atom is -0.355 e. The van der Waals surface area contributed by atoms with Gasteiger partial charge >= 0.3 is 0 Å². The van der Waals surface area contributed by atoms with E-state index in [0.29, 0.717) is 0 Å². The number of nitrogens with zero attached hydrogens (tertiary/aromatic N) is 3. The fraction of sp³-hybridized carbons (Fsp3) is 0.688. The van der Waals surface area contributed by atoms with Crippen LogP contribution in [0.3, 0.4) is 0 Å². The second kappa shape index (κ2) is 5.97.